The maximum Gasteiger partial charge on any atom is 0.123 e. The van der Waals surface area contributed by atoms with E-state index in [9.17, 15) is 4.39 Å². The Morgan fingerprint density at radius 1 is 1.28 bits per heavy atom. The van der Waals surface area contributed by atoms with Gasteiger partial charge in [-0.1, -0.05) is 6.07 Å². The number of rotatable bonds is 3. The summed E-state index contributed by atoms with van der Waals surface area (Å²) in [7, 11) is 3.81. The lowest BCUT2D eigenvalue weighted by Gasteiger charge is -2.16. The summed E-state index contributed by atoms with van der Waals surface area (Å²) in [4.78, 5) is 0. The second kappa shape index (κ2) is 4.90. The Morgan fingerprint density at radius 2 is 2.00 bits per heavy atom. The number of nitrogens with zero attached hydrogens (tertiary/aromatic N) is 2. The van der Waals surface area contributed by atoms with Crippen molar-refractivity contribution >= 4 is 0 Å². The Balaban J connectivity index is 2.45. The maximum atomic E-state index is 13.1. The van der Waals surface area contributed by atoms with E-state index in [1.807, 2.05) is 44.8 Å². The Hall–Kier alpha value is -1.68. The third kappa shape index (κ3) is 2.29. The van der Waals surface area contributed by atoms with Gasteiger partial charge < -0.3 is 5.32 Å². The number of nitrogens with one attached hydrogen (secondary N) is 1. The highest BCUT2D eigenvalue weighted by Gasteiger charge is 2.17. The first kappa shape index (κ1) is 12.8. The molecule has 2 rings (SSSR count). The van der Waals surface area contributed by atoms with Gasteiger partial charge in [-0.15, -0.1) is 0 Å². The molecule has 0 spiro atoms. The topological polar surface area (TPSA) is 29.9 Å². The zero-order valence-corrected chi connectivity index (χ0v) is 11.2. The van der Waals surface area contributed by atoms with Gasteiger partial charge in [0.1, 0.15) is 5.82 Å². The van der Waals surface area contributed by atoms with Crippen LogP contribution in [-0.2, 0) is 7.05 Å². The van der Waals surface area contributed by atoms with Crippen molar-refractivity contribution in [2.45, 2.75) is 19.9 Å². The van der Waals surface area contributed by atoms with Crippen LogP contribution >= 0.6 is 0 Å². The molecule has 0 aliphatic rings. The van der Waals surface area contributed by atoms with Crippen LogP contribution in [-0.4, -0.2) is 16.8 Å². The zero-order chi connectivity index (χ0) is 13.3. The second-order valence-electron chi connectivity index (χ2n) is 4.56. The molecule has 0 bridgehead atoms. The van der Waals surface area contributed by atoms with E-state index in [2.05, 4.69) is 10.4 Å². The summed E-state index contributed by atoms with van der Waals surface area (Å²) in [5.41, 5.74) is 4.03. The number of halogens is 1. The number of hydrogen-bond acceptors (Lipinski definition) is 2. The van der Waals surface area contributed by atoms with Crippen LogP contribution < -0.4 is 5.32 Å². The lowest BCUT2D eigenvalue weighted by molar-refractivity contribution is 0.614. The third-order valence-corrected chi connectivity index (χ3v) is 3.26. The van der Waals surface area contributed by atoms with E-state index in [4.69, 9.17) is 0 Å². The smallest absolute Gasteiger partial charge is 0.123 e. The van der Waals surface area contributed by atoms with E-state index in [0.29, 0.717) is 0 Å². The van der Waals surface area contributed by atoms with Gasteiger partial charge in [-0.3, -0.25) is 4.68 Å². The molecule has 1 atom stereocenters. The van der Waals surface area contributed by atoms with Gasteiger partial charge in [0.15, 0.2) is 0 Å². The summed E-state index contributed by atoms with van der Waals surface area (Å²) >= 11 is 0. The van der Waals surface area contributed by atoms with Gasteiger partial charge in [0.2, 0.25) is 0 Å². The lowest BCUT2D eigenvalue weighted by Crippen LogP contribution is -2.19. The SMILES string of the molecule is CNC(c1cc(C)n(C)n1)c1ccc(F)cc1C. The van der Waals surface area contributed by atoms with Crippen LogP contribution in [0.2, 0.25) is 0 Å². The fourth-order valence-corrected chi connectivity index (χ4v) is 2.16. The highest BCUT2D eigenvalue weighted by Crippen LogP contribution is 2.24. The molecule has 1 heterocycles. The van der Waals surface area contributed by atoms with Crippen LogP contribution in [0.4, 0.5) is 4.39 Å². The summed E-state index contributed by atoms with van der Waals surface area (Å²) in [5.74, 6) is -0.205. The molecule has 0 aliphatic carbocycles. The van der Waals surface area contributed by atoms with Crippen LogP contribution in [0.15, 0.2) is 24.3 Å². The van der Waals surface area contributed by atoms with Gasteiger partial charge in [-0.2, -0.15) is 5.10 Å². The molecule has 2 aromatic rings. The monoisotopic (exact) mass is 247 g/mol. The molecule has 18 heavy (non-hydrogen) atoms. The largest absolute Gasteiger partial charge is 0.308 e. The average Bonchev–Trinajstić information content (AvgIpc) is 2.63. The molecule has 0 aliphatic heterocycles. The molecular formula is C14H18FN3. The Morgan fingerprint density at radius 3 is 2.50 bits per heavy atom. The number of hydrogen-bond donors (Lipinski definition) is 1. The fourth-order valence-electron chi connectivity index (χ4n) is 2.16. The summed E-state index contributed by atoms with van der Waals surface area (Å²) in [6.07, 6.45) is 0. The summed E-state index contributed by atoms with van der Waals surface area (Å²) < 4.78 is 15.0. The van der Waals surface area contributed by atoms with Crippen molar-refractivity contribution in [2.24, 2.45) is 7.05 Å². The second-order valence-corrected chi connectivity index (χ2v) is 4.56. The van der Waals surface area contributed by atoms with Crippen LogP contribution in [0.5, 0.6) is 0 Å². The Kier molecular flexibility index (Phi) is 3.48. The molecule has 3 nitrogen and oxygen atoms in total. The van der Waals surface area contributed by atoms with Gasteiger partial charge in [0, 0.05) is 12.7 Å². The highest BCUT2D eigenvalue weighted by atomic mass is 19.1. The standard InChI is InChI=1S/C14H18FN3/c1-9-7-11(15)5-6-12(9)14(16-3)13-8-10(2)18(4)17-13/h5-8,14,16H,1-4H3. The van der Waals surface area contributed by atoms with Crippen molar-refractivity contribution in [3.8, 4) is 0 Å². The third-order valence-electron chi connectivity index (χ3n) is 3.26. The van der Waals surface area contributed by atoms with Gasteiger partial charge in [-0.25, -0.2) is 4.39 Å². The molecule has 1 aromatic heterocycles. The van der Waals surface area contributed by atoms with Gasteiger partial charge >= 0.3 is 0 Å². The molecule has 0 saturated heterocycles. The average molecular weight is 247 g/mol. The van der Waals surface area contributed by atoms with Crippen molar-refractivity contribution in [1.82, 2.24) is 15.1 Å². The highest BCUT2D eigenvalue weighted by molar-refractivity contribution is 5.35. The van der Waals surface area contributed by atoms with E-state index >= 15 is 0 Å². The molecule has 0 amide bonds. The maximum absolute atomic E-state index is 13.1. The quantitative estimate of drug-likeness (QED) is 0.903. The molecule has 4 heteroatoms. The summed E-state index contributed by atoms with van der Waals surface area (Å²) in [6.45, 7) is 3.93. The molecule has 0 fully saturated rings. The summed E-state index contributed by atoms with van der Waals surface area (Å²) in [5, 5.41) is 7.72. The molecule has 0 radical (unpaired) electrons. The molecular weight excluding hydrogens is 229 g/mol. The van der Waals surface area contributed by atoms with Crippen LogP contribution in [0.25, 0.3) is 0 Å². The van der Waals surface area contributed by atoms with Gasteiger partial charge in [0.25, 0.3) is 0 Å². The van der Waals surface area contributed by atoms with E-state index in [1.165, 1.54) is 6.07 Å². The van der Waals surface area contributed by atoms with E-state index in [1.54, 1.807) is 6.07 Å². The molecule has 0 saturated carbocycles. The molecule has 1 aromatic carbocycles. The van der Waals surface area contributed by atoms with Crippen molar-refractivity contribution in [2.75, 3.05) is 7.05 Å². The normalized spacial score (nSPS) is 12.7. The summed E-state index contributed by atoms with van der Waals surface area (Å²) in [6, 6.07) is 6.89. The predicted octanol–water partition coefficient (Wildman–Crippen LogP) is 2.48. The molecule has 96 valence electrons. The van der Waals surface area contributed by atoms with E-state index in [-0.39, 0.29) is 11.9 Å². The first-order chi connectivity index (χ1) is 8.52. The van der Waals surface area contributed by atoms with Crippen LogP contribution in [0.3, 0.4) is 0 Å². The van der Waals surface area contributed by atoms with Gasteiger partial charge in [0.05, 0.1) is 11.7 Å². The molecule has 1 unspecified atom stereocenters. The number of benzene rings is 1. The lowest BCUT2D eigenvalue weighted by atomic mass is 9.98. The zero-order valence-electron chi connectivity index (χ0n) is 11.2. The Labute approximate surface area is 107 Å². The number of aryl methyl sites for hydroxylation is 3. The van der Waals surface area contributed by atoms with Crippen molar-refractivity contribution in [1.29, 1.82) is 0 Å². The first-order valence-corrected chi connectivity index (χ1v) is 5.96. The van der Waals surface area contributed by atoms with Crippen molar-refractivity contribution < 1.29 is 4.39 Å². The number of aromatic nitrogens is 2. The van der Waals surface area contributed by atoms with Crippen LogP contribution in [0.1, 0.15) is 28.6 Å². The van der Waals surface area contributed by atoms with E-state index in [0.717, 1.165) is 22.5 Å². The minimum absolute atomic E-state index is 0.00880. The Bertz CT molecular complexity index is 541. The predicted molar refractivity (Wildman–Crippen MR) is 70.0 cm³/mol. The van der Waals surface area contributed by atoms with Crippen molar-refractivity contribution in [3.63, 3.8) is 0 Å². The van der Waals surface area contributed by atoms with Crippen LogP contribution in [0, 0.1) is 19.7 Å². The molecule has 1 N–H and O–H groups in total. The van der Waals surface area contributed by atoms with Crippen molar-refractivity contribution in [3.05, 3.63) is 52.6 Å². The van der Waals surface area contributed by atoms with Gasteiger partial charge in [-0.05, 0) is 50.2 Å². The fraction of sp³-hybridized carbons (Fsp3) is 0.357. The van der Waals surface area contributed by atoms with E-state index < -0.39 is 0 Å². The minimum Gasteiger partial charge on any atom is -0.308 e. The minimum atomic E-state index is -0.205. The first-order valence-electron chi connectivity index (χ1n) is 5.96.